The van der Waals surface area contributed by atoms with Crippen molar-refractivity contribution in [3.05, 3.63) is 48.0 Å². The molecule has 1 unspecified atom stereocenters. The van der Waals surface area contributed by atoms with Gasteiger partial charge < -0.3 is 19.6 Å². The van der Waals surface area contributed by atoms with E-state index in [0.29, 0.717) is 23.5 Å². The van der Waals surface area contributed by atoms with Crippen molar-refractivity contribution in [2.45, 2.75) is 31.7 Å². The van der Waals surface area contributed by atoms with Gasteiger partial charge in [-0.2, -0.15) is 0 Å². The van der Waals surface area contributed by atoms with Crippen molar-refractivity contribution in [3.8, 4) is 11.3 Å². The fourth-order valence-corrected chi connectivity index (χ4v) is 2.74. The van der Waals surface area contributed by atoms with Gasteiger partial charge in [0.15, 0.2) is 0 Å². The van der Waals surface area contributed by atoms with E-state index < -0.39 is 11.5 Å². The van der Waals surface area contributed by atoms with Gasteiger partial charge in [0.05, 0.1) is 24.1 Å². The van der Waals surface area contributed by atoms with Crippen LogP contribution in [0.2, 0.25) is 0 Å². The molecule has 1 aromatic heterocycles. The zero-order valence-electron chi connectivity index (χ0n) is 14.8. The summed E-state index contributed by atoms with van der Waals surface area (Å²) in [6.45, 7) is 1.70. The number of carbonyl (C=O) groups excluding carboxylic acids is 1. The molecule has 1 heterocycles. The number of halogens is 1. The predicted octanol–water partition coefficient (Wildman–Crippen LogP) is 3.01. The summed E-state index contributed by atoms with van der Waals surface area (Å²) in [5.41, 5.74) is -0.628. The first-order valence-corrected chi connectivity index (χ1v) is 8.18. The third-order valence-corrected chi connectivity index (χ3v) is 3.84. The highest BCUT2D eigenvalue weighted by atomic mass is 19.1. The van der Waals surface area contributed by atoms with E-state index in [1.807, 2.05) is 0 Å². The minimum Gasteiger partial charge on any atom is -0.481 e. The Morgan fingerprint density at radius 1 is 1.27 bits per heavy atom. The van der Waals surface area contributed by atoms with Gasteiger partial charge >= 0.3 is 5.97 Å². The smallest absolute Gasteiger partial charge is 0.305 e. The Hall–Kier alpha value is -2.67. The number of ether oxygens (including phenoxy) is 1. The number of hydrogen-bond donors (Lipinski definition) is 2. The average Bonchev–Trinajstić information content (AvgIpc) is 3.01. The Kier molecular flexibility index (Phi) is 6.52. The van der Waals surface area contributed by atoms with Crippen LogP contribution in [0.15, 0.2) is 40.8 Å². The van der Waals surface area contributed by atoms with Crippen LogP contribution in [0.1, 0.15) is 25.5 Å². The summed E-state index contributed by atoms with van der Waals surface area (Å²) >= 11 is 0. The van der Waals surface area contributed by atoms with Crippen LogP contribution in [-0.4, -0.2) is 36.2 Å². The van der Waals surface area contributed by atoms with Crippen LogP contribution >= 0.6 is 0 Å². The van der Waals surface area contributed by atoms with E-state index in [4.69, 9.17) is 14.3 Å². The lowest BCUT2D eigenvalue weighted by molar-refractivity contribution is -0.139. The highest BCUT2D eigenvalue weighted by Gasteiger charge is 2.29. The number of carboxylic acid groups (broad SMARTS) is 1. The molecule has 2 N–H and O–H groups in total. The number of methoxy groups -OCH3 is 1. The van der Waals surface area contributed by atoms with Crippen LogP contribution in [0, 0.1) is 5.82 Å². The van der Waals surface area contributed by atoms with E-state index in [0.717, 1.165) is 0 Å². The van der Waals surface area contributed by atoms with Crippen LogP contribution in [0.25, 0.3) is 11.3 Å². The summed E-state index contributed by atoms with van der Waals surface area (Å²) in [4.78, 5) is 23.1. The minimum absolute atomic E-state index is 0.0865. The Morgan fingerprint density at radius 2 is 2.00 bits per heavy atom. The van der Waals surface area contributed by atoms with Crippen molar-refractivity contribution in [2.24, 2.45) is 0 Å². The van der Waals surface area contributed by atoms with Crippen LogP contribution < -0.4 is 5.32 Å². The molecule has 0 fully saturated rings. The van der Waals surface area contributed by atoms with Gasteiger partial charge in [-0.25, -0.2) is 4.39 Å². The van der Waals surface area contributed by atoms with Crippen molar-refractivity contribution in [2.75, 3.05) is 13.7 Å². The van der Waals surface area contributed by atoms with E-state index >= 15 is 0 Å². The zero-order chi connectivity index (χ0) is 19.2. The second kappa shape index (κ2) is 8.62. The van der Waals surface area contributed by atoms with Gasteiger partial charge in [0.1, 0.15) is 17.3 Å². The maximum absolute atomic E-state index is 13.8. The van der Waals surface area contributed by atoms with E-state index in [2.05, 4.69) is 5.32 Å². The lowest BCUT2D eigenvalue weighted by Gasteiger charge is -2.28. The van der Waals surface area contributed by atoms with Crippen molar-refractivity contribution >= 4 is 11.9 Å². The van der Waals surface area contributed by atoms with Gasteiger partial charge in [0.25, 0.3) is 0 Å². The Morgan fingerprint density at radius 3 is 2.65 bits per heavy atom. The number of benzene rings is 1. The van der Waals surface area contributed by atoms with Crippen molar-refractivity contribution in [3.63, 3.8) is 0 Å². The van der Waals surface area contributed by atoms with Gasteiger partial charge in [-0.05, 0) is 31.2 Å². The molecule has 2 rings (SSSR count). The number of aliphatic carboxylic acids is 1. The molecule has 6 nitrogen and oxygen atoms in total. The number of hydrogen-bond acceptors (Lipinski definition) is 4. The molecular formula is C19H22FNO5. The van der Waals surface area contributed by atoms with Crippen LogP contribution in [0.4, 0.5) is 4.39 Å². The molecule has 0 aliphatic carbocycles. The molecule has 1 aromatic carbocycles. The first kappa shape index (κ1) is 19.7. The standard InChI is InChI=1S/C19H22FNO5/c1-19(12-25-2,11-18(23)24)21-17(22)10-8-13-7-9-16(26-13)14-5-3-4-6-15(14)20/h3-7,9H,8,10-12H2,1-2H3,(H,21,22)(H,23,24). The maximum atomic E-state index is 13.8. The third kappa shape index (κ3) is 5.42. The van der Waals surface area contributed by atoms with E-state index in [1.165, 1.54) is 13.2 Å². The van der Waals surface area contributed by atoms with Gasteiger partial charge in [-0.1, -0.05) is 12.1 Å². The summed E-state index contributed by atoms with van der Waals surface area (Å²) in [6, 6.07) is 9.64. The van der Waals surface area contributed by atoms with Crippen LogP contribution in [-0.2, 0) is 20.7 Å². The monoisotopic (exact) mass is 363 g/mol. The third-order valence-electron chi connectivity index (χ3n) is 3.84. The summed E-state index contributed by atoms with van der Waals surface area (Å²) < 4.78 is 24.4. The first-order chi connectivity index (χ1) is 12.3. The van der Waals surface area contributed by atoms with Crippen molar-refractivity contribution < 1.29 is 28.2 Å². The lowest BCUT2D eigenvalue weighted by atomic mass is 9.98. The van der Waals surface area contributed by atoms with E-state index in [9.17, 15) is 14.0 Å². The fourth-order valence-electron chi connectivity index (χ4n) is 2.74. The fraction of sp³-hybridized carbons (Fsp3) is 0.368. The number of furan rings is 1. The predicted molar refractivity (Wildman–Crippen MR) is 93.1 cm³/mol. The molecule has 1 amide bonds. The molecule has 1 atom stereocenters. The topological polar surface area (TPSA) is 88.8 Å². The van der Waals surface area contributed by atoms with Gasteiger partial charge in [-0.3, -0.25) is 9.59 Å². The zero-order valence-corrected chi connectivity index (χ0v) is 14.8. The van der Waals surface area contributed by atoms with Gasteiger partial charge in [0, 0.05) is 20.0 Å². The molecule has 0 saturated carbocycles. The van der Waals surface area contributed by atoms with Crippen molar-refractivity contribution in [1.29, 1.82) is 0 Å². The Balaban J connectivity index is 1.95. The molecule has 140 valence electrons. The molecule has 0 aliphatic heterocycles. The highest BCUT2D eigenvalue weighted by Crippen LogP contribution is 2.25. The minimum atomic E-state index is -1.02. The molecular weight excluding hydrogens is 341 g/mol. The number of nitrogens with one attached hydrogen (secondary N) is 1. The second-order valence-electron chi connectivity index (χ2n) is 6.36. The largest absolute Gasteiger partial charge is 0.481 e. The number of carbonyl (C=O) groups is 2. The SMILES string of the molecule is COCC(C)(CC(=O)O)NC(=O)CCc1ccc(-c2ccccc2F)o1. The number of carboxylic acids is 1. The quantitative estimate of drug-likeness (QED) is 0.715. The Bertz CT molecular complexity index is 773. The average molecular weight is 363 g/mol. The van der Waals surface area contributed by atoms with Gasteiger partial charge in [0.2, 0.25) is 5.91 Å². The number of aryl methyl sites for hydroxylation is 1. The maximum Gasteiger partial charge on any atom is 0.305 e. The molecule has 0 aliphatic rings. The summed E-state index contributed by atoms with van der Waals surface area (Å²) in [7, 11) is 1.44. The summed E-state index contributed by atoms with van der Waals surface area (Å²) in [6.07, 6.45) is 0.185. The van der Waals surface area contributed by atoms with E-state index in [1.54, 1.807) is 37.3 Å². The van der Waals surface area contributed by atoms with Crippen molar-refractivity contribution in [1.82, 2.24) is 5.32 Å². The lowest BCUT2D eigenvalue weighted by Crippen LogP contribution is -2.50. The molecule has 0 saturated heterocycles. The summed E-state index contributed by atoms with van der Waals surface area (Å²) in [5.74, 6) is -0.770. The van der Waals surface area contributed by atoms with Crippen LogP contribution in [0.5, 0.6) is 0 Å². The summed E-state index contributed by atoms with van der Waals surface area (Å²) in [5, 5.41) is 11.7. The normalized spacial score (nSPS) is 13.2. The molecule has 0 spiro atoms. The highest BCUT2D eigenvalue weighted by molar-refractivity contribution is 5.78. The molecule has 0 bridgehead atoms. The number of rotatable bonds is 9. The van der Waals surface area contributed by atoms with Crippen LogP contribution in [0.3, 0.4) is 0 Å². The molecule has 7 heteroatoms. The number of amides is 1. The first-order valence-electron chi connectivity index (χ1n) is 8.18. The molecule has 2 aromatic rings. The second-order valence-corrected chi connectivity index (χ2v) is 6.36. The molecule has 26 heavy (non-hydrogen) atoms. The van der Waals surface area contributed by atoms with Gasteiger partial charge in [-0.15, -0.1) is 0 Å². The van der Waals surface area contributed by atoms with E-state index in [-0.39, 0.29) is 31.2 Å². The Labute approximate surface area is 151 Å². The molecule has 0 radical (unpaired) electrons.